The zero-order chi connectivity index (χ0) is 19.9. The van der Waals surface area contributed by atoms with E-state index in [-0.39, 0.29) is 10.8 Å². The maximum Gasteiger partial charge on any atom is 0.267 e. The van der Waals surface area contributed by atoms with E-state index in [2.05, 4.69) is 22.0 Å². The molecule has 0 saturated carbocycles. The monoisotopic (exact) mass is 458 g/mol. The molecular weight excluding hydrogens is 440 g/mol. The van der Waals surface area contributed by atoms with Crippen LogP contribution in [0.4, 0.5) is 0 Å². The van der Waals surface area contributed by atoms with Crippen LogP contribution in [0.25, 0.3) is 0 Å². The molecule has 1 aromatic heterocycles. The lowest BCUT2D eigenvalue weighted by Crippen LogP contribution is -2.35. The zero-order valence-corrected chi connectivity index (χ0v) is 17.7. The number of carbonyl (C=O) groups excluding carboxylic acids is 1. The van der Waals surface area contributed by atoms with Crippen LogP contribution < -0.4 is 0 Å². The molecular formula is C21H19BrN2O3S. The standard InChI is InChI=1S/C21H19BrN2O3S/c1-15-2-6-20(7-3-15)28(26,27)24-11-9-18(14-24)21(25)23-10-8-16-12-19(22)5-4-17(16)13-23/h2-7,9,11-12,14H,8,10,13H2,1H3. The first kappa shape index (κ1) is 19.0. The summed E-state index contributed by atoms with van der Waals surface area (Å²) in [6.45, 7) is 3.04. The van der Waals surface area contributed by atoms with Crippen LogP contribution in [0.2, 0.25) is 0 Å². The third-order valence-corrected chi connectivity index (χ3v) is 7.12. The van der Waals surface area contributed by atoms with Gasteiger partial charge in [-0.15, -0.1) is 0 Å². The van der Waals surface area contributed by atoms with Crippen molar-refractivity contribution >= 4 is 31.9 Å². The first-order chi connectivity index (χ1) is 13.3. The van der Waals surface area contributed by atoms with Crippen LogP contribution in [0.3, 0.4) is 0 Å². The van der Waals surface area contributed by atoms with Crippen LogP contribution in [0.15, 0.2) is 70.3 Å². The Morgan fingerprint density at radius 1 is 1.04 bits per heavy atom. The van der Waals surface area contributed by atoms with Crippen LogP contribution in [-0.2, 0) is 23.0 Å². The van der Waals surface area contributed by atoms with Gasteiger partial charge in [-0.3, -0.25) is 4.79 Å². The van der Waals surface area contributed by atoms with Gasteiger partial charge in [0.05, 0.1) is 10.5 Å². The molecule has 0 radical (unpaired) electrons. The van der Waals surface area contributed by atoms with Crippen LogP contribution in [0, 0.1) is 6.92 Å². The summed E-state index contributed by atoms with van der Waals surface area (Å²) < 4.78 is 27.7. The fourth-order valence-corrected chi connectivity index (χ4v) is 4.97. The Labute approximate surface area is 172 Å². The molecule has 0 saturated heterocycles. The van der Waals surface area contributed by atoms with E-state index in [0.717, 1.165) is 26.0 Å². The highest BCUT2D eigenvalue weighted by Gasteiger charge is 2.24. The van der Waals surface area contributed by atoms with Gasteiger partial charge in [0.2, 0.25) is 0 Å². The van der Waals surface area contributed by atoms with Crippen LogP contribution in [-0.4, -0.2) is 29.7 Å². The van der Waals surface area contributed by atoms with E-state index < -0.39 is 10.0 Å². The molecule has 1 aliphatic rings. The average Bonchev–Trinajstić information content (AvgIpc) is 3.18. The molecule has 0 N–H and O–H groups in total. The lowest BCUT2D eigenvalue weighted by molar-refractivity contribution is 0.0735. The van der Waals surface area contributed by atoms with E-state index in [1.807, 2.05) is 19.1 Å². The molecule has 0 unspecified atom stereocenters. The van der Waals surface area contributed by atoms with E-state index in [4.69, 9.17) is 0 Å². The normalized spacial score (nSPS) is 14.0. The minimum absolute atomic E-state index is 0.161. The zero-order valence-electron chi connectivity index (χ0n) is 15.3. The third kappa shape index (κ3) is 3.52. The van der Waals surface area contributed by atoms with Crippen molar-refractivity contribution in [3.63, 3.8) is 0 Å². The summed E-state index contributed by atoms with van der Waals surface area (Å²) in [6.07, 6.45) is 3.61. The van der Waals surface area contributed by atoms with Gasteiger partial charge in [0.1, 0.15) is 0 Å². The van der Waals surface area contributed by atoms with Gasteiger partial charge in [-0.2, -0.15) is 0 Å². The van der Waals surface area contributed by atoms with E-state index >= 15 is 0 Å². The fraction of sp³-hybridized carbons (Fsp3) is 0.190. The Kier molecular flexibility index (Phi) is 4.89. The highest BCUT2D eigenvalue weighted by Crippen LogP contribution is 2.24. The van der Waals surface area contributed by atoms with Crippen molar-refractivity contribution < 1.29 is 13.2 Å². The molecule has 3 aromatic rings. The Bertz CT molecular complexity index is 1150. The predicted octanol–water partition coefficient (Wildman–Crippen LogP) is 3.99. The number of benzene rings is 2. The maximum absolute atomic E-state index is 12.9. The topological polar surface area (TPSA) is 59.4 Å². The number of hydrogen-bond donors (Lipinski definition) is 0. The summed E-state index contributed by atoms with van der Waals surface area (Å²) in [5, 5.41) is 0. The summed E-state index contributed by atoms with van der Waals surface area (Å²) >= 11 is 3.48. The molecule has 144 valence electrons. The SMILES string of the molecule is Cc1ccc(S(=O)(=O)n2ccc(C(=O)N3CCc4cc(Br)ccc4C3)c2)cc1. The highest BCUT2D eigenvalue weighted by atomic mass is 79.9. The lowest BCUT2D eigenvalue weighted by Gasteiger charge is -2.28. The van der Waals surface area contributed by atoms with Crippen molar-refractivity contribution in [3.05, 3.63) is 87.7 Å². The summed E-state index contributed by atoms with van der Waals surface area (Å²) in [7, 11) is -3.71. The molecule has 5 nitrogen and oxygen atoms in total. The minimum atomic E-state index is -3.71. The molecule has 4 rings (SSSR count). The Balaban J connectivity index is 1.57. The van der Waals surface area contributed by atoms with Gasteiger partial charge >= 0.3 is 0 Å². The molecule has 2 heterocycles. The van der Waals surface area contributed by atoms with Crippen LogP contribution >= 0.6 is 15.9 Å². The fourth-order valence-electron chi connectivity index (χ4n) is 3.36. The quantitative estimate of drug-likeness (QED) is 0.595. The molecule has 7 heteroatoms. The second-order valence-electron chi connectivity index (χ2n) is 6.94. The number of aromatic nitrogens is 1. The van der Waals surface area contributed by atoms with E-state index in [0.29, 0.717) is 18.7 Å². The Hall–Kier alpha value is -2.38. The average molecular weight is 459 g/mol. The van der Waals surface area contributed by atoms with Crippen molar-refractivity contribution in [2.45, 2.75) is 24.8 Å². The minimum Gasteiger partial charge on any atom is -0.334 e. The van der Waals surface area contributed by atoms with Gasteiger partial charge in [-0.1, -0.05) is 39.7 Å². The van der Waals surface area contributed by atoms with Gasteiger partial charge < -0.3 is 4.90 Å². The number of aryl methyl sites for hydroxylation is 1. The van der Waals surface area contributed by atoms with E-state index in [9.17, 15) is 13.2 Å². The van der Waals surface area contributed by atoms with Crippen LogP contribution in [0.1, 0.15) is 27.0 Å². The Morgan fingerprint density at radius 3 is 2.54 bits per heavy atom. The second kappa shape index (κ2) is 7.22. The van der Waals surface area contributed by atoms with Crippen LogP contribution in [0.5, 0.6) is 0 Å². The number of halogens is 1. The van der Waals surface area contributed by atoms with Crippen molar-refractivity contribution in [3.8, 4) is 0 Å². The molecule has 1 amide bonds. The van der Waals surface area contributed by atoms with Gasteiger partial charge in [0.15, 0.2) is 0 Å². The molecule has 0 fully saturated rings. The van der Waals surface area contributed by atoms with Crippen molar-refractivity contribution in [1.29, 1.82) is 0 Å². The highest BCUT2D eigenvalue weighted by molar-refractivity contribution is 9.10. The number of amides is 1. The van der Waals surface area contributed by atoms with Gasteiger partial charge in [-0.25, -0.2) is 12.4 Å². The number of nitrogens with zero attached hydrogens (tertiary/aromatic N) is 2. The number of rotatable bonds is 3. The van der Waals surface area contributed by atoms with E-state index in [1.54, 1.807) is 35.2 Å². The van der Waals surface area contributed by atoms with Crippen molar-refractivity contribution in [2.24, 2.45) is 0 Å². The third-order valence-electron chi connectivity index (χ3n) is 4.98. The summed E-state index contributed by atoms with van der Waals surface area (Å²) in [5.41, 5.74) is 3.71. The largest absolute Gasteiger partial charge is 0.334 e. The predicted molar refractivity (Wildman–Crippen MR) is 111 cm³/mol. The molecule has 0 bridgehead atoms. The number of hydrogen-bond acceptors (Lipinski definition) is 3. The first-order valence-electron chi connectivity index (χ1n) is 8.91. The van der Waals surface area contributed by atoms with Crippen molar-refractivity contribution in [2.75, 3.05) is 6.54 Å². The molecule has 0 atom stereocenters. The number of fused-ring (bicyclic) bond motifs is 1. The van der Waals surface area contributed by atoms with Gasteiger partial charge in [0, 0.05) is 30.0 Å². The van der Waals surface area contributed by atoms with Gasteiger partial charge in [0.25, 0.3) is 15.9 Å². The molecule has 0 spiro atoms. The maximum atomic E-state index is 12.9. The molecule has 2 aromatic carbocycles. The molecule has 1 aliphatic heterocycles. The molecule has 28 heavy (non-hydrogen) atoms. The Morgan fingerprint density at radius 2 is 1.79 bits per heavy atom. The van der Waals surface area contributed by atoms with Gasteiger partial charge in [-0.05, 0) is 54.8 Å². The first-order valence-corrected chi connectivity index (χ1v) is 11.1. The van der Waals surface area contributed by atoms with E-state index in [1.165, 1.54) is 18.0 Å². The molecule has 0 aliphatic carbocycles. The second-order valence-corrected chi connectivity index (χ2v) is 9.70. The number of carbonyl (C=O) groups is 1. The summed E-state index contributed by atoms with van der Waals surface area (Å²) in [5.74, 6) is -0.161. The van der Waals surface area contributed by atoms with Crippen molar-refractivity contribution in [1.82, 2.24) is 8.87 Å². The summed E-state index contributed by atoms with van der Waals surface area (Å²) in [6, 6.07) is 14.3. The smallest absolute Gasteiger partial charge is 0.267 e. The summed E-state index contributed by atoms with van der Waals surface area (Å²) in [4.78, 5) is 14.9. The lowest BCUT2D eigenvalue weighted by atomic mass is 9.99.